The number of carbonyl (C=O) groups is 1. The number of methoxy groups -OCH3 is 1. The molecule has 0 aliphatic carbocycles. The number of ether oxygens (including phenoxy) is 1. The van der Waals surface area contributed by atoms with Crippen LogP contribution in [0.3, 0.4) is 0 Å². The average molecular weight is 221 g/mol. The summed E-state index contributed by atoms with van der Waals surface area (Å²) < 4.78 is 5.05. The fourth-order valence-electron chi connectivity index (χ4n) is 1.23. The molecule has 0 bridgehead atoms. The summed E-state index contributed by atoms with van der Waals surface area (Å²) in [5.41, 5.74) is 0.509. The lowest BCUT2D eigenvalue weighted by molar-refractivity contribution is 0.0656. The molecule has 3 heteroatoms. The largest absolute Gasteiger partial charge is 0.497 e. The molecule has 0 heterocycles. The van der Waals surface area contributed by atoms with E-state index in [0.29, 0.717) is 5.56 Å². The molecule has 1 aromatic carbocycles. The fourth-order valence-corrected chi connectivity index (χ4v) is 1.23. The summed E-state index contributed by atoms with van der Waals surface area (Å²) >= 11 is 0. The zero-order chi connectivity index (χ0) is 12.3. The van der Waals surface area contributed by atoms with E-state index in [1.807, 2.05) is 27.8 Å². The Morgan fingerprint density at radius 1 is 1.19 bits per heavy atom. The molecule has 1 rings (SSSR count). The summed E-state index contributed by atoms with van der Waals surface area (Å²) in [5, 5.41) is 0. The summed E-state index contributed by atoms with van der Waals surface area (Å²) in [5.74, 6) is 0.783. The van der Waals surface area contributed by atoms with Crippen molar-refractivity contribution >= 4 is 5.91 Å². The minimum absolute atomic E-state index is 0.0233. The van der Waals surface area contributed by atoms with E-state index < -0.39 is 0 Å². The van der Waals surface area contributed by atoms with Crippen molar-refractivity contribution in [1.29, 1.82) is 0 Å². The molecule has 0 aliphatic rings. The van der Waals surface area contributed by atoms with Crippen molar-refractivity contribution < 1.29 is 9.53 Å². The van der Waals surface area contributed by atoms with E-state index in [-0.39, 0.29) is 11.4 Å². The van der Waals surface area contributed by atoms with Crippen LogP contribution in [0.2, 0.25) is 0 Å². The number of nitrogens with zero attached hydrogens (tertiary/aromatic N) is 1. The smallest absolute Gasteiger partial charge is 0.254 e. The maximum atomic E-state index is 12.1. The summed E-state index contributed by atoms with van der Waals surface area (Å²) in [4.78, 5) is 13.8. The van der Waals surface area contributed by atoms with Gasteiger partial charge in [-0.3, -0.25) is 4.79 Å². The first-order valence-electron chi connectivity index (χ1n) is 5.28. The number of amides is 1. The zero-order valence-corrected chi connectivity index (χ0v) is 10.6. The third kappa shape index (κ3) is 2.75. The molecule has 0 saturated carbocycles. The van der Waals surface area contributed by atoms with E-state index in [1.54, 1.807) is 36.3 Å². The lowest BCUT2D eigenvalue weighted by Gasteiger charge is -2.32. The third-order valence-corrected chi connectivity index (χ3v) is 2.65. The van der Waals surface area contributed by atoms with Gasteiger partial charge in [-0.2, -0.15) is 0 Å². The second-order valence-corrected chi connectivity index (χ2v) is 4.76. The molecule has 0 aromatic heterocycles. The molecule has 0 fully saturated rings. The van der Waals surface area contributed by atoms with Crippen molar-refractivity contribution in [3.63, 3.8) is 0 Å². The van der Waals surface area contributed by atoms with Gasteiger partial charge in [0.05, 0.1) is 7.11 Å². The number of hydrogen-bond acceptors (Lipinski definition) is 2. The fraction of sp³-hybridized carbons (Fsp3) is 0.462. The standard InChI is InChI=1S/C13H19NO2/c1-13(2,3)14(4)12(15)10-6-8-11(16-5)9-7-10/h6-9H,1-5H3. The summed E-state index contributed by atoms with van der Waals surface area (Å²) in [7, 11) is 3.42. The van der Waals surface area contributed by atoms with Gasteiger partial charge >= 0.3 is 0 Å². The van der Waals surface area contributed by atoms with Crippen LogP contribution in [0.15, 0.2) is 24.3 Å². The van der Waals surface area contributed by atoms with Crippen molar-refractivity contribution in [3.05, 3.63) is 29.8 Å². The first-order valence-corrected chi connectivity index (χ1v) is 5.28. The highest BCUT2D eigenvalue weighted by Crippen LogP contribution is 2.17. The van der Waals surface area contributed by atoms with Gasteiger partial charge in [-0.25, -0.2) is 0 Å². The van der Waals surface area contributed by atoms with Crippen LogP contribution in [0.1, 0.15) is 31.1 Å². The van der Waals surface area contributed by atoms with Crippen LogP contribution in [0, 0.1) is 0 Å². The normalized spacial score (nSPS) is 11.1. The molecule has 3 nitrogen and oxygen atoms in total. The van der Waals surface area contributed by atoms with Gasteiger partial charge in [-0.05, 0) is 45.0 Å². The number of rotatable bonds is 2. The molecule has 0 N–H and O–H groups in total. The highest BCUT2D eigenvalue weighted by molar-refractivity contribution is 5.94. The molecule has 1 aromatic rings. The van der Waals surface area contributed by atoms with Crippen LogP contribution in [-0.4, -0.2) is 30.5 Å². The van der Waals surface area contributed by atoms with E-state index in [9.17, 15) is 4.79 Å². The predicted octanol–water partition coefficient (Wildman–Crippen LogP) is 2.57. The lowest BCUT2D eigenvalue weighted by atomic mass is 10.1. The SMILES string of the molecule is COc1ccc(C(=O)N(C)C(C)(C)C)cc1. The van der Waals surface area contributed by atoms with Gasteiger partial charge in [0.1, 0.15) is 5.75 Å². The summed E-state index contributed by atoms with van der Waals surface area (Å²) in [6.45, 7) is 6.03. The molecule has 0 saturated heterocycles. The number of benzene rings is 1. The Kier molecular flexibility index (Phi) is 3.58. The van der Waals surface area contributed by atoms with Crippen molar-refractivity contribution in [2.45, 2.75) is 26.3 Å². The third-order valence-electron chi connectivity index (χ3n) is 2.65. The Morgan fingerprint density at radius 3 is 2.06 bits per heavy atom. The van der Waals surface area contributed by atoms with Gasteiger partial charge in [0.25, 0.3) is 5.91 Å². The zero-order valence-electron chi connectivity index (χ0n) is 10.6. The van der Waals surface area contributed by atoms with Crippen LogP contribution < -0.4 is 4.74 Å². The Bertz CT molecular complexity index is 363. The van der Waals surface area contributed by atoms with Crippen molar-refractivity contribution in [2.75, 3.05) is 14.2 Å². The van der Waals surface area contributed by atoms with Crippen LogP contribution >= 0.6 is 0 Å². The van der Waals surface area contributed by atoms with Gasteiger partial charge in [0.15, 0.2) is 0 Å². The van der Waals surface area contributed by atoms with E-state index >= 15 is 0 Å². The average Bonchev–Trinajstić information content (AvgIpc) is 2.26. The quantitative estimate of drug-likeness (QED) is 0.768. The van der Waals surface area contributed by atoms with Gasteiger partial charge in [0.2, 0.25) is 0 Å². The Morgan fingerprint density at radius 2 is 1.69 bits per heavy atom. The summed E-state index contributed by atoms with van der Waals surface area (Å²) in [6, 6.07) is 7.15. The van der Waals surface area contributed by atoms with Crippen LogP contribution in [-0.2, 0) is 0 Å². The van der Waals surface area contributed by atoms with Crippen molar-refractivity contribution in [2.24, 2.45) is 0 Å². The van der Waals surface area contributed by atoms with Crippen LogP contribution in [0.5, 0.6) is 5.75 Å². The summed E-state index contributed by atoms with van der Waals surface area (Å²) in [6.07, 6.45) is 0. The first kappa shape index (κ1) is 12.6. The maximum absolute atomic E-state index is 12.1. The monoisotopic (exact) mass is 221 g/mol. The minimum atomic E-state index is -0.170. The molecule has 16 heavy (non-hydrogen) atoms. The maximum Gasteiger partial charge on any atom is 0.254 e. The first-order chi connectivity index (χ1) is 7.36. The van der Waals surface area contributed by atoms with Crippen LogP contribution in [0.4, 0.5) is 0 Å². The van der Waals surface area contributed by atoms with Gasteiger partial charge in [-0.15, -0.1) is 0 Å². The van der Waals surface area contributed by atoms with E-state index in [0.717, 1.165) is 5.75 Å². The van der Waals surface area contributed by atoms with E-state index in [1.165, 1.54) is 0 Å². The molecule has 0 unspecified atom stereocenters. The Balaban J connectivity index is 2.88. The molecule has 0 atom stereocenters. The minimum Gasteiger partial charge on any atom is -0.497 e. The predicted molar refractivity (Wildman–Crippen MR) is 64.8 cm³/mol. The van der Waals surface area contributed by atoms with Gasteiger partial charge < -0.3 is 9.64 Å². The topological polar surface area (TPSA) is 29.5 Å². The molecule has 0 radical (unpaired) electrons. The molecule has 0 aliphatic heterocycles. The highest BCUT2D eigenvalue weighted by Gasteiger charge is 2.23. The van der Waals surface area contributed by atoms with Crippen molar-refractivity contribution in [1.82, 2.24) is 4.90 Å². The Labute approximate surface area is 97.0 Å². The van der Waals surface area contributed by atoms with Gasteiger partial charge in [0, 0.05) is 18.2 Å². The molecule has 1 amide bonds. The second kappa shape index (κ2) is 4.56. The van der Waals surface area contributed by atoms with E-state index in [4.69, 9.17) is 4.74 Å². The van der Waals surface area contributed by atoms with E-state index in [2.05, 4.69) is 0 Å². The second-order valence-electron chi connectivity index (χ2n) is 4.76. The Hall–Kier alpha value is -1.51. The highest BCUT2D eigenvalue weighted by atomic mass is 16.5. The molecular weight excluding hydrogens is 202 g/mol. The van der Waals surface area contributed by atoms with Crippen molar-refractivity contribution in [3.8, 4) is 5.75 Å². The lowest BCUT2D eigenvalue weighted by Crippen LogP contribution is -2.42. The van der Waals surface area contributed by atoms with Gasteiger partial charge in [-0.1, -0.05) is 0 Å². The molecule has 0 spiro atoms. The molecule has 88 valence electrons. The number of hydrogen-bond donors (Lipinski definition) is 0. The van der Waals surface area contributed by atoms with Crippen LogP contribution in [0.25, 0.3) is 0 Å². The molecular formula is C13H19NO2. The number of carbonyl (C=O) groups excluding carboxylic acids is 1.